The molecule has 6 nitrogen and oxygen atoms in total. The van der Waals surface area contributed by atoms with Crippen molar-refractivity contribution in [1.82, 2.24) is 19.9 Å². The number of halogens is 1. The molecule has 0 amide bonds. The van der Waals surface area contributed by atoms with Crippen molar-refractivity contribution in [3.05, 3.63) is 59.1 Å². The molecule has 0 unspecified atom stereocenters. The molecular weight excluding hydrogens is 316 g/mol. The third-order valence-corrected chi connectivity index (χ3v) is 2.98. The summed E-state index contributed by atoms with van der Waals surface area (Å²) < 4.78 is 11.2. The molecule has 0 radical (unpaired) electrons. The lowest BCUT2D eigenvalue weighted by Gasteiger charge is -2.08. The van der Waals surface area contributed by atoms with Gasteiger partial charge in [0.2, 0.25) is 0 Å². The second-order valence-corrected chi connectivity index (χ2v) is 5.23. The van der Waals surface area contributed by atoms with E-state index in [2.05, 4.69) is 19.9 Å². The van der Waals surface area contributed by atoms with Crippen molar-refractivity contribution >= 4 is 11.6 Å². The van der Waals surface area contributed by atoms with E-state index in [0.29, 0.717) is 22.5 Å². The summed E-state index contributed by atoms with van der Waals surface area (Å²) in [7, 11) is 0. The van der Waals surface area contributed by atoms with Crippen LogP contribution in [0.25, 0.3) is 0 Å². The molecule has 23 heavy (non-hydrogen) atoms. The second-order valence-electron chi connectivity index (χ2n) is 4.80. The lowest BCUT2D eigenvalue weighted by Crippen LogP contribution is -1.96. The molecular formula is C16H13ClN4O2. The van der Waals surface area contributed by atoms with Crippen LogP contribution in [0, 0.1) is 13.8 Å². The van der Waals surface area contributed by atoms with E-state index in [1.807, 2.05) is 19.9 Å². The van der Waals surface area contributed by atoms with Crippen LogP contribution in [0.5, 0.6) is 23.5 Å². The van der Waals surface area contributed by atoms with E-state index in [1.165, 1.54) is 12.4 Å². The van der Waals surface area contributed by atoms with Gasteiger partial charge >= 0.3 is 12.0 Å². The first-order valence-electron chi connectivity index (χ1n) is 6.84. The Morgan fingerprint density at radius 3 is 2.00 bits per heavy atom. The predicted molar refractivity (Wildman–Crippen MR) is 85.1 cm³/mol. The molecule has 0 aliphatic carbocycles. The van der Waals surface area contributed by atoms with E-state index in [-0.39, 0.29) is 6.01 Å². The van der Waals surface area contributed by atoms with E-state index < -0.39 is 0 Å². The Bertz CT molecular complexity index is 804. The van der Waals surface area contributed by atoms with Gasteiger partial charge in [0.25, 0.3) is 0 Å². The molecule has 0 aliphatic rings. The summed E-state index contributed by atoms with van der Waals surface area (Å²) in [6.45, 7) is 3.78. The highest BCUT2D eigenvalue weighted by Crippen LogP contribution is 2.26. The van der Waals surface area contributed by atoms with Crippen LogP contribution in [0.15, 0.2) is 42.7 Å². The van der Waals surface area contributed by atoms with Gasteiger partial charge in [-0.25, -0.2) is 19.9 Å². The zero-order valence-corrected chi connectivity index (χ0v) is 13.3. The van der Waals surface area contributed by atoms with Crippen LogP contribution in [0.2, 0.25) is 5.02 Å². The van der Waals surface area contributed by atoms with E-state index in [0.717, 1.165) is 11.4 Å². The maximum atomic E-state index is 5.74. The van der Waals surface area contributed by atoms with Gasteiger partial charge < -0.3 is 9.47 Å². The summed E-state index contributed by atoms with van der Waals surface area (Å²) in [5, 5.41) is 0.446. The Balaban J connectivity index is 1.78. The zero-order chi connectivity index (χ0) is 16.2. The van der Waals surface area contributed by atoms with Gasteiger partial charge in [0.05, 0.1) is 17.4 Å². The van der Waals surface area contributed by atoms with Gasteiger partial charge in [-0.05, 0) is 32.0 Å². The second kappa shape index (κ2) is 6.58. The molecule has 0 saturated heterocycles. The van der Waals surface area contributed by atoms with Crippen molar-refractivity contribution in [2.45, 2.75) is 13.8 Å². The van der Waals surface area contributed by atoms with Crippen molar-refractivity contribution in [2.75, 3.05) is 0 Å². The monoisotopic (exact) mass is 328 g/mol. The molecule has 0 saturated carbocycles. The largest absolute Gasteiger partial charge is 0.424 e. The van der Waals surface area contributed by atoms with Crippen LogP contribution in [0.1, 0.15) is 11.4 Å². The van der Waals surface area contributed by atoms with Crippen molar-refractivity contribution in [3.8, 4) is 23.5 Å². The van der Waals surface area contributed by atoms with Gasteiger partial charge in [-0.3, -0.25) is 0 Å². The lowest BCUT2D eigenvalue weighted by atomic mass is 10.3. The first-order chi connectivity index (χ1) is 11.1. The molecule has 0 N–H and O–H groups in total. The van der Waals surface area contributed by atoms with Crippen LogP contribution in [-0.4, -0.2) is 19.9 Å². The minimum Gasteiger partial charge on any atom is -0.424 e. The quantitative estimate of drug-likeness (QED) is 0.717. The Kier molecular flexibility index (Phi) is 4.34. The topological polar surface area (TPSA) is 70.0 Å². The minimum absolute atomic E-state index is 0.203. The van der Waals surface area contributed by atoms with Crippen molar-refractivity contribution in [1.29, 1.82) is 0 Å². The number of rotatable bonds is 4. The number of aryl methyl sites for hydroxylation is 2. The molecule has 1 aromatic carbocycles. The first-order valence-corrected chi connectivity index (χ1v) is 7.22. The summed E-state index contributed by atoms with van der Waals surface area (Å²) in [5.41, 5.74) is 1.68. The molecule has 0 bridgehead atoms. The van der Waals surface area contributed by atoms with Crippen LogP contribution >= 0.6 is 11.6 Å². The molecule has 0 spiro atoms. The number of nitrogens with zero attached hydrogens (tertiary/aromatic N) is 4. The molecule has 3 aromatic rings. The smallest absolute Gasteiger partial charge is 0.322 e. The molecule has 0 aliphatic heterocycles. The fourth-order valence-electron chi connectivity index (χ4n) is 1.90. The standard InChI is InChI=1S/C16H13ClN4O2/c1-10-6-11(2)21-16(20-10)23-14-5-3-4-13(7-14)22-15-18-8-12(17)9-19-15/h3-9H,1-2H3. The van der Waals surface area contributed by atoms with Gasteiger partial charge in [0.1, 0.15) is 11.5 Å². The third-order valence-electron chi connectivity index (χ3n) is 2.78. The molecule has 0 atom stereocenters. The van der Waals surface area contributed by atoms with Gasteiger partial charge in [0, 0.05) is 17.5 Å². The summed E-state index contributed by atoms with van der Waals surface area (Å²) >= 11 is 5.74. The molecule has 2 aromatic heterocycles. The van der Waals surface area contributed by atoms with Crippen LogP contribution in [0.3, 0.4) is 0 Å². The number of ether oxygens (including phenoxy) is 2. The Morgan fingerprint density at radius 1 is 0.826 bits per heavy atom. The normalized spacial score (nSPS) is 10.4. The molecule has 3 rings (SSSR count). The highest BCUT2D eigenvalue weighted by atomic mass is 35.5. The highest BCUT2D eigenvalue weighted by molar-refractivity contribution is 6.30. The van der Waals surface area contributed by atoms with Gasteiger partial charge in [-0.15, -0.1) is 0 Å². The summed E-state index contributed by atoms with van der Waals surface area (Å²) in [6.07, 6.45) is 2.93. The average Bonchev–Trinajstić information content (AvgIpc) is 2.49. The van der Waals surface area contributed by atoms with E-state index in [4.69, 9.17) is 21.1 Å². The first kappa shape index (κ1) is 15.2. The Hall–Kier alpha value is -2.73. The van der Waals surface area contributed by atoms with Gasteiger partial charge in [-0.2, -0.15) is 0 Å². The molecule has 2 heterocycles. The van der Waals surface area contributed by atoms with E-state index in [9.17, 15) is 0 Å². The number of aromatic nitrogens is 4. The predicted octanol–water partition coefficient (Wildman–Crippen LogP) is 4.12. The maximum absolute atomic E-state index is 5.74. The fourth-order valence-corrected chi connectivity index (χ4v) is 2.00. The average molecular weight is 329 g/mol. The lowest BCUT2D eigenvalue weighted by molar-refractivity contribution is 0.421. The number of hydrogen-bond acceptors (Lipinski definition) is 6. The SMILES string of the molecule is Cc1cc(C)nc(Oc2cccc(Oc3ncc(Cl)cn3)c2)n1. The van der Waals surface area contributed by atoms with Gasteiger partial charge in [0.15, 0.2) is 0 Å². The van der Waals surface area contributed by atoms with Crippen molar-refractivity contribution in [2.24, 2.45) is 0 Å². The summed E-state index contributed by atoms with van der Waals surface area (Å²) in [4.78, 5) is 16.4. The zero-order valence-electron chi connectivity index (χ0n) is 12.5. The Labute approximate surface area is 138 Å². The van der Waals surface area contributed by atoms with Crippen LogP contribution in [-0.2, 0) is 0 Å². The van der Waals surface area contributed by atoms with Crippen LogP contribution < -0.4 is 9.47 Å². The van der Waals surface area contributed by atoms with Gasteiger partial charge in [-0.1, -0.05) is 17.7 Å². The number of hydrogen-bond donors (Lipinski definition) is 0. The molecule has 0 fully saturated rings. The van der Waals surface area contributed by atoms with Crippen molar-refractivity contribution < 1.29 is 9.47 Å². The highest BCUT2D eigenvalue weighted by Gasteiger charge is 2.06. The number of benzene rings is 1. The Morgan fingerprint density at radius 2 is 1.39 bits per heavy atom. The maximum Gasteiger partial charge on any atom is 0.322 e. The third kappa shape index (κ3) is 4.14. The minimum atomic E-state index is 0.203. The fraction of sp³-hybridized carbons (Fsp3) is 0.125. The van der Waals surface area contributed by atoms with E-state index in [1.54, 1.807) is 24.3 Å². The molecule has 116 valence electrons. The van der Waals surface area contributed by atoms with Crippen molar-refractivity contribution in [3.63, 3.8) is 0 Å². The summed E-state index contributed by atoms with van der Waals surface area (Å²) in [5.74, 6) is 1.09. The van der Waals surface area contributed by atoms with E-state index >= 15 is 0 Å². The van der Waals surface area contributed by atoms with Crippen LogP contribution in [0.4, 0.5) is 0 Å². The molecule has 7 heteroatoms. The summed E-state index contributed by atoms with van der Waals surface area (Å²) in [6, 6.07) is 9.44.